The van der Waals surface area contributed by atoms with Crippen molar-refractivity contribution in [3.63, 3.8) is 0 Å². The Morgan fingerprint density at radius 1 is 1.30 bits per heavy atom. The number of furan rings is 1. The van der Waals surface area contributed by atoms with Gasteiger partial charge in [-0.25, -0.2) is 14.8 Å². The predicted octanol–water partition coefficient (Wildman–Crippen LogP) is 1.27. The van der Waals surface area contributed by atoms with Crippen LogP contribution in [0.4, 0.5) is 10.6 Å². The largest absolute Gasteiger partial charge is 0.472 e. The molecule has 0 spiro atoms. The molecule has 27 heavy (non-hydrogen) atoms. The van der Waals surface area contributed by atoms with E-state index in [1.165, 1.54) is 6.33 Å². The summed E-state index contributed by atoms with van der Waals surface area (Å²) in [7, 11) is 0. The van der Waals surface area contributed by atoms with Crippen molar-refractivity contribution in [1.82, 2.24) is 20.2 Å². The molecule has 0 aromatic carbocycles. The first-order chi connectivity index (χ1) is 13.3. The third kappa shape index (κ3) is 4.48. The molecular formula is C18H23N5O4. The fourth-order valence-electron chi connectivity index (χ4n) is 3.23. The van der Waals surface area contributed by atoms with Crippen LogP contribution in [0.25, 0.3) is 0 Å². The summed E-state index contributed by atoms with van der Waals surface area (Å²) in [6.07, 6.45) is 3.80. The van der Waals surface area contributed by atoms with E-state index in [-0.39, 0.29) is 12.1 Å². The zero-order valence-electron chi connectivity index (χ0n) is 15.0. The smallest absolute Gasteiger partial charge is 0.317 e. The highest BCUT2D eigenvalue weighted by Crippen LogP contribution is 2.21. The van der Waals surface area contributed by atoms with Crippen molar-refractivity contribution in [2.24, 2.45) is 0 Å². The molecule has 4 heterocycles. The maximum Gasteiger partial charge on any atom is 0.317 e. The zero-order chi connectivity index (χ0) is 18.5. The summed E-state index contributed by atoms with van der Waals surface area (Å²) in [4.78, 5) is 24.7. The molecule has 9 nitrogen and oxygen atoms in total. The van der Waals surface area contributed by atoms with Crippen molar-refractivity contribution in [3.05, 3.63) is 36.5 Å². The molecular weight excluding hydrogens is 350 g/mol. The van der Waals surface area contributed by atoms with Gasteiger partial charge in [-0.2, -0.15) is 0 Å². The molecule has 0 bridgehead atoms. The number of likely N-dealkylation sites (tertiary alicyclic amines) is 1. The van der Waals surface area contributed by atoms with Crippen LogP contribution in [0.15, 0.2) is 35.2 Å². The summed E-state index contributed by atoms with van der Waals surface area (Å²) in [6.45, 7) is 4.57. The van der Waals surface area contributed by atoms with E-state index in [4.69, 9.17) is 13.9 Å². The van der Waals surface area contributed by atoms with Crippen LogP contribution in [0.3, 0.4) is 0 Å². The van der Waals surface area contributed by atoms with Gasteiger partial charge in [0.1, 0.15) is 24.0 Å². The molecule has 0 radical (unpaired) electrons. The average Bonchev–Trinajstić information content (AvgIpc) is 3.39. The van der Waals surface area contributed by atoms with E-state index in [0.717, 1.165) is 31.1 Å². The number of hydrogen-bond acceptors (Lipinski definition) is 7. The van der Waals surface area contributed by atoms with Gasteiger partial charge in [0.15, 0.2) is 0 Å². The van der Waals surface area contributed by atoms with Gasteiger partial charge in [0, 0.05) is 32.1 Å². The number of hydrogen-bond donors (Lipinski definition) is 1. The number of anilines is 1. The number of aromatic nitrogens is 2. The molecule has 2 aliphatic rings. The van der Waals surface area contributed by atoms with Crippen molar-refractivity contribution in [2.75, 3.05) is 44.3 Å². The molecule has 2 amide bonds. The van der Waals surface area contributed by atoms with E-state index in [9.17, 15) is 4.79 Å². The van der Waals surface area contributed by atoms with Gasteiger partial charge in [-0.1, -0.05) is 0 Å². The Kier molecular flexibility index (Phi) is 5.38. The molecule has 144 valence electrons. The van der Waals surface area contributed by atoms with Crippen LogP contribution in [-0.4, -0.2) is 66.4 Å². The summed E-state index contributed by atoms with van der Waals surface area (Å²) < 4.78 is 16.6. The lowest BCUT2D eigenvalue weighted by molar-refractivity contribution is 0.122. The molecule has 9 heteroatoms. The van der Waals surface area contributed by atoms with Gasteiger partial charge in [0.25, 0.3) is 0 Å². The van der Waals surface area contributed by atoms with Gasteiger partial charge >= 0.3 is 6.03 Å². The van der Waals surface area contributed by atoms with Crippen LogP contribution in [0.2, 0.25) is 0 Å². The van der Waals surface area contributed by atoms with Crippen molar-refractivity contribution in [2.45, 2.75) is 19.1 Å². The second-order valence-electron chi connectivity index (χ2n) is 6.53. The number of carbonyl (C=O) groups excluding carboxylic acids is 1. The topological polar surface area (TPSA) is 93.0 Å². The zero-order valence-corrected chi connectivity index (χ0v) is 15.0. The van der Waals surface area contributed by atoms with Gasteiger partial charge < -0.3 is 29.0 Å². The first-order valence-corrected chi connectivity index (χ1v) is 9.14. The summed E-state index contributed by atoms with van der Waals surface area (Å²) >= 11 is 0. The molecule has 1 unspecified atom stereocenters. The maximum atomic E-state index is 12.3. The van der Waals surface area contributed by atoms with E-state index in [1.807, 2.05) is 12.1 Å². The minimum atomic E-state index is -0.116. The third-order valence-corrected chi connectivity index (χ3v) is 4.68. The Labute approximate surface area is 157 Å². The summed E-state index contributed by atoms with van der Waals surface area (Å²) in [5, 5.41) is 2.86. The van der Waals surface area contributed by atoms with Crippen LogP contribution in [0, 0.1) is 0 Å². The normalized spacial score (nSPS) is 19.9. The minimum absolute atomic E-state index is 0.0770. The second kappa shape index (κ2) is 8.26. The van der Waals surface area contributed by atoms with Crippen molar-refractivity contribution in [1.29, 1.82) is 0 Å². The summed E-state index contributed by atoms with van der Waals surface area (Å²) in [5.41, 5.74) is 0. The SMILES string of the molecule is O=C(NCc1ccco1)N1CCC(Oc2cc(N3CCOCC3)ncn2)C1. The van der Waals surface area contributed by atoms with Crippen LogP contribution in [0.5, 0.6) is 5.88 Å². The van der Waals surface area contributed by atoms with Crippen molar-refractivity contribution >= 4 is 11.8 Å². The Morgan fingerprint density at radius 3 is 3.00 bits per heavy atom. The number of amides is 2. The monoisotopic (exact) mass is 373 g/mol. The van der Waals surface area contributed by atoms with E-state index in [0.29, 0.717) is 38.7 Å². The standard InChI is InChI=1S/C18H23N5O4/c24-18(19-11-14-2-1-7-26-14)23-4-3-15(12-23)27-17-10-16(20-13-21-17)22-5-8-25-9-6-22/h1-2,7,10,13,15H,3-6,8-9,11-12H2,(H,19,24). The molecule has 1 N–H and O–H groups in total. The molecule has 0 saturated carbocycles. The van der Waals surface area contributed by atoms with Crippen LogP contribution in [-0.2, 0) is 11.3 Å². The molecule has 2 fully saturated rings. The maximum absolute atomic E-state index is 12.3. The molecule has 2 aromatic heterocycles. The molecule has 4 rings (SSSR count). The van der Waals surface area contributed by atoms with E-state index in [2.05, 4.69) is 20.2 Å². The number of urea groups is 1. The van der Waals surface area contributed by atoms with Crippen molar-refractivity contribution in [3.8, 4) is 5.88 Å². The quantitative estimate of drug-likeness (QED) is 0.844. The summed E-state index contributed by atoms with van der Waals surface area (Å²) in [5.74, 6) is 2.11. The molecule has 0 aliphatic carbocycles. The van der Waals surface area contributed by atoms with Crippen LogP contribution < -0.4 is 15.0 Å². The van der Waals surface area contributed by atoms with E-state index < -0.39 is 0 Å². The highest BCUT2D eigenvalue weighted by Gasteiger charge is 2.28. The Morgan fingerprint density at radius 2 is 2.19 bits per heavy atom. The second-order valence-corrected chi connectivity index (χ2v) is 6.53. The first-order valence-electron chi connectivity index (χ1n) is 9.14. The number of morpholine rings is 1. The Hall–Kier alpha value is -2.81. The lowest BCUT2D eigenvalue weighted by Crippen LogP contribution is -2.39. The first kappa shape index (κ1) is 17.6. The highest BCUT2D eigenvalue weighted by atomic mass is 16.5. The number of rotatable bonds is 5. The Bertz CT molecular complexity index is 748. The number of carbonyl (C=O) groups is 1. The minimum Gasteiger partial charge on any atom is -0.472 e. The fraction of sp³-hybridized carbons (Fsp3) is 0.500. The van der Waals surface area contributed by atoms with Crippen molar-refractivity contribution < 1.29 is 18.7 Å². The Balaban J connectivity index is 1.28. The molecule has 2 saturated heterocycles. The van der Waals surface area contributed by atoms with E-state index >= 15 is 0 Å². The summed E-state index contributed by atoms with van der Waals surface area (Å²) in [6, 6.07) is 5.37. The third-order valence-electron chi connectivity index (χ3n) is 4.68. The average molecular weight is 373 g/mol. The van der Waals surface area contributed by atoms with Gasteiger partial charge in [-0.15, -0.1) is 0 Å². The van der Waals surface area contributed by atoms with Gasteiger partial charge in [0.05, 0.1) is 32.6 Å². The van der Waals surface area contributed by atoms with E-state index in [1.54, 1.807) is 17.2 Å². The van der Waals surface area contributed by atoms with Gasteiger partial charge in [-0.3, -0.25) is 0 Å². The van der Waals surface area contributed by atoms with Crippen LogP contribution in [0.1, 0.15) is 12.2 Å². The van der Waals surface area contributed by atoms with Gasteiger partial charge in [-0.05, 0) is 12.1 Å². The van der Waals surface area contributed by atoms with Crippen LogP contribution >= 0.6 is 0 Å². The number of ether oxygens (including phenoxy) is 2. The molecule has 2 aliphatic heterocycles. The number of nitrogens with zero attached hydrogens (tertiary/aromatic N) is 4. The molecule has 1 atom stereocenters. The lowest BCUT2D eigenvalue weighted by atomic mass is 10.3. The van der Waals surface area contributed by atoms with Gasteiger partial charge in [0.2, 0.25) is 5.88 Å². The number of nitrogens with one attached hydrogen (secondary N) is 1. The lowest BCUT2D eigenvalue weighted by Gasteiger charge is -2.27. The molecule has 2 aromatic rings. The fourth-order valence-corrected chi connectivity index (χ4v) is 3.23. The highest BCUT2D eigenvalue weighted by molar-refractivity contribution is 5.74. The predicted molar refractivity (Wildman–Crippen MR) is 96.6 cm³/mol.